The molecule has 0 N–H and O–H groups in total. The highest BCUT2D eigenvalue weighted by Crippen LogP contribution is 2.25. The molecule has 0 aliphatic carbocycles. The molecule has 1 unspecified atom stereocenters. The van der Waals surface area contributed by atoms with Crippen molar-refractivity contribution < 1.29 is 12.8 Å². The first-order valence-corrected chi connectivity index (χ1v) is 8.73. The van der Waals surface area contributed by atoms with Gasteiger partial charge in [-0.15, -0.1) is 6.58 Å². The van der Waals surface area contributed by atoms with Crippen LogP contribution in [0.25, 0.3) is 0 Å². The zero-order valence-corrected chi connectivity index (χ0v) is 13.4. The number of rotatable bonds is 6. The Morgan fingerprint density at radius 1 is 1.18 bits per heavy atom. The lowest BCUT2D eigenvalue weighted by Gasteiger charge is -2.14. The lowest BCUT2D eigenvalue weighted by molar-refractivity contribution is 0.583. The molecule has 0 amide bonds. The van der Waals surface area contributed by atoms with Crippen LogP contribution in [0, 0.1) is 5.82 Å². The lowest BCUT2D eigenvalue weighted by Crippen LogP contribution is -2.20. The van der Waals surface area contributed by atoms with E-state index in [9.17, 15) is 12.8 Å². The molecule has 2 aromatic rings. The van der Waals surface area contributed by atoms with E-state index in [-0.39, 0.29) is 9.92 Å². The maximum absolute atomic E-state index is 13.2. The molecule has 116 valence electrons. The van der Waals surface area contributed by atoms with Crippen molar-refractivity contribution in [1.82, 2.24) is 0 Å². The molecule has 0 saturated carbocycles. The van der Waals surface area contributed by atoms with Crippen molar-refractivity contribution in [3.63, 3.8) is 0 Å². The fraction of sp³-hybridized carbons (Fsp3) is 0.176. The van der Waals surface area contributed by atoms with Gasteiger partial charge in [-0.25, -0.2) is 12.8 Å². The Bertz CT molecular complexity index is 757. The summed E-state index contributed by atoms with van der Waals surface area (Å²) in [6, 6.07) is 13.1. The zero-order chi connectivity index (χ0) is 16.2. The van der Waals surface area contributed by atoms with E-state index in [1.54, 1.807) is 0 Å². The topological polar surface area (TPSA) is 34.1 Å². The summed E-state index contributed by atoms with van der Waals surface area (Å²) in [7, 11) is -3.63. The summed E-state index contributed by atoms with van der Waals surface area (Å²) in [5, 5.41) is -0.943. The predicted molar refractivity (Wildman–Crippen MR) is 87.3 cm³/mol. The molecule has 0 aromatic heterocycles. The highest BCUT2D eigenvalue weighted by atomic mass is 35.5. The monoisotopic (exact) mass is 338 g/mol. The van der Waals surface area contributed by atoms with Crippen LogP contribution in [0.5, 0.6) is 0 Å². The van der Waals surface area contributed by atoms with E-state index < -0.39 is 20.9 Å². The number of benzene rings is 2. The van der Waals surface area contributed by atoms with Gasteiger partial charge in [0.2, 0.25) is 0 Å². The minimum atomic E-state index is -3.63. The molecule has 22 heavy (non-hydrogen) atoms. The zero-order valence-electron chi connectivity index (χ0n) is 11.9. The van der Waals surface area contributed by atoms with Gasteiger partial charge in [-0.3, -0.25) is 0 Å². The van der Waals surface area contributed by atoms with Crippen LogP contribution in [0.2, 0.25) is 5.02 Å². The molecule has 0 saturated heterocycles. The largest absolute Gasteiger partial charge is 0.223 e. The van der Waals surface area contributed by atoms with Gasteiger partial charge in [-0.1, -0.05) is 48.0 Å². The van der Waals surface area contributed by atoms with Crippen LogP contribution in [0.15, 0.2) is 66.1 Å². The van der Waals surface area contributed by atoms with E-state index in [1.807, 2.05) is 30.3 Å². The summed E-state index contributed by atoms with van der Waals surface area (Å²) in [4.78, 5) is 0.0110. The Labute approximate surface area is 135 Å². The third kappa shape index (κ3) is 3.76. The van der Waals surface area contributed by atoms with Crippen molar-refractivity contribution >= 4 is 21.4 Å². The summed E-state index contributed by atoms with van der Waals surface area (Å²) in [6.07, 6.45) is 2.44. The highest BCUT2D eigenvalue weighted by molar-refractivity contribution is 7.92. The summed E-state index contributed by atoms with van der Waals surface area (Å²) in [5.41, 5.74) is 1.06. The number of halogens is 2. The van der Waals surface area contributed by atoms with Crippen molar-refractivity contribution in [3.8, 4) is 0 Å². The van der Waals surface area contributed by atoms with Crippen molar-refractivity contribution in [3.05, 3.63) is 77.6 Å². The second-order valence-corrected chi connectivity index (χ2v) is 7.49. The van der Waals surface area contributed by atoms with Gasteiger partial charge >= 0.3 is 0 Å². The van der Waals surface area contributed by atoms with Gasteiger partial charge in [-0.05, 0) is 36.6 Å². The molecule has 0 heterocycles. The fourth-order valence-corrected chi connectivity index (χ4v) is 4.00. The van der Waals surface area contributed by atoms with E-state index in [0.717, 1.165) is 17.7 Å². The summed E-state index contributed by atoms with van der Waals surface area (Å²) in [6.45, 7) is 3.62. The quantitative estimate of drug-likeness (QED) is 0.576. The molecule has 0 aliphatic rings. The Kier molecular flexibility index (Phi) is 5.37. The maximum Gasteiger partial charge on any atom is 0.184 e. The van der Waals surface area contributed by atoms with E-state index in [1.165, 1.54) is 12.1 Å². The molecule has 2 rings (SSSR count). The standard InChI is InChI=1S/C17H16ClFO2S/c1-2-14(9-8-13-6-4-3-5-7-13)22(20,21)15-10-11-17(19)16(18)12-15/h2-7,10-12,14H,1,8-9H2. The Morgan fingerprint density at radius 2 is 1.86 bits per heavy atom. The van der Waals surface area contributed by atoms with Crippen LogP contribution >= 0.6 is 11.6 Å². The minimum absolute atomic E-state index is 0.0110. The first kappa shape index (κ1) is 16.7. The second-order valence-electron chi connectivity index (χ2n) is 4.92. The normalized spacial score (nSPS) is 12.8. The molecular formula is C17H16ClFO2S. The van der Waals surface area contributed by atoms with Gasteiger partial charge in [0.1, 0.15) is 5.82 Å². The molecule has 2 nitrogen and oxygen atoms in total. The van der Waals surface area contributed by atoms with Gasteiger partial charge in [-0.2, -0.15) is 0 Å². The summed E-state index contributed by atoms with van der Waals surface area (Å²) in [5.74, 6) is -0.639. The Morgan fingerprint density at radius 3 is 2.45 bits per heavy atom. The smallest absolute Gasteiger partial charge is 0.184 e. The number of hydrogen-bond donors (Lipinski definition) is 0. The van der Waals surface area contributed by atoms with Gasteiger partial charge in [0.05, 0.1) is 15.2 Å². The summed E-state index contributed by atoms with van der Waals surface area (Å²) < 4.78 is 38.4. The fourth-order valence-electron chi connectivity index (χ4n) is 2.18. The molecule has 0 aliphatic heterocycles. The van der Waals surface area contributed by atoms with Crippen LogP contribution in [0.1, 0.15) is 12.0 Å². The maximum atomic E-state index is 13.2. The molecule has 2 aromatic carbocycles. The van der Waals surface area contributed by atoms with Gasteiger partial charge in [0.25, 0.3) is 0 Å². The van der Waals surface area contributed by atoms with Crippen LogP contribution in [0.3, 0.4) is 0 Å². The highest BCUT2D eigenvalue weighted by Gasteiger charge is 2.25. The molecule has 0 radical (unpaired) electrons. The van der Waals surface area contributed by atoms with Crippen LogP contribution in [0.4, 0.5) is 4.39 Å². The van der Waals surface area contributed by atoms with E-state index in [0.29, 0.717) is 12.8 Å². The molecule has 0 bridgehead atoms. The van der Waals surface area contributed by atoms with Crippen molar-refractivity contribution in [2.24, 2.45) is 0 Å². The van der Waals surface area contributed by atoms with Crippen LogP contribution in [-0.4, -0.2) is 13.7 Å². The average Bonchev–Trinajstić information content (AvgIpc) is 2.51. The van der Waals surface area contributed by atoms with Gasteiger partial charge in [0, 0.05) is 0 Å². The third-order valence-electron chi connectivity index (χ3n) is 3.44. The summed E-state index contributed by atoms with van der Waals surface area (Å²) >= 11 is 5.68. The molecule has 1 atom stereocenters. The van der Waals surface area contributed by atoms with E-state index in [2.05, 4.69) is 6.58 Å². The average molecular weight is 339 g/mol. The molecule has 5 heteroatoms. The van der Waals surface area contributed by atoms with Crippen molar-refractivity contribution in [2.45, 2.75) is 23.0 Å². The van der Waals surface area contributed by atoms with Gasteiger partial charge < -0.3 is 0 Å². The van der Waals surface area contributed by atoms with Crippen LogP contribution < -0.4 is 0 Å². The second kappa shape index (κ2) is 7.07. The van der Waals surface area contributed by atoms with Crippen molar-refractivity contribution in [2.75, 3.05) is 0 Å². The molecule has 0 fully saturated rings. The van der Waals surface area contributed by atoms with E-state index in [4.69, 9.17) is 11.6 Å². The first-order valence-electron chi connectivity index (χ1n) is 6.80. The van der Waals surface area contributed by atoms with Crippen molar-refractivity contribution in [1.29, 1.82) is 0 Å². The Balaban J connectivity index is 2.21. The number of hydrogen-bond acceptors (Lipinski definition) is 2. The third-order valence-corrected chi connectivity index (χ3v) is 5.87. The minimum Gasteiger partial charge on any atom is -0.223 e. The predicted octanol–water partition coefficient (Wildman–Crippen LogP) is 4.44. The van der Waals surface area contributed by atoms with E-state index >= 15 is 0 Å². The molecule has 0 spiro atoms. The number of sulfone groups is 1. The van der Waals surface area contributed by atoms with Gasteiger partial charge in [0.15, 0.2) is 9.84 Å². The SMILES string of the molecule is C=CC(CCc1ccccc1)S(=O)(=O)c1ccc(F)c(Cl)c1. The first-order chi connectivity index (χ1) is 10.4. The Hall–Kier alpha value is -1.65. The molecular weight excluding hydrogens is 323 g/mol. The number of aryl methyl sites for hydroxylation is 1. The lowest BCUT2D eigenvalue weighted by atomic mass is 10.1. The van der Waals surface area contributed by atoms with Crippen LogP contribution in [-0.2, 0) is 16.3 Å².